The number of nitrogens with one attached hydrogen (secondary N) is 1. The summed E-state index contributed by atoms with van der Waals surface area (Å²) in [6.45, 7) is 5.83. The first-order valence-corrected chi connectivity index (χ1v) is 5.70. The Hall–Kier alpha value is -0.610. The van der Waals surface area contributed by atoms with Crippen LogP contribution >= 0.6 is 0 Å². The number of hydrogen-bond acceptors (Lipinski definition) is 4. The second-order valence-corrected chi connectivity index (χ2v) is 3.94. The summed E-state index contributed by atoms with van der Waals surface area (Å²) in [6.07, 6.45) is 2.69. The molecule has 1 atom stereocenters. The number of esters is 1. The van der Waals surface area contributed by atoms with Crippen LogP contribution in [0.15, 0.2) is 0 Å². The van der Waals surface area contributed by atoms with Crippen LogP contribution in [-0.4, -0.2) is 38.4 Å². The van der Waals surface area contributed by atoms with E-state index in [1.54, 1.807) is 6.92 Å². The Bertz CT molecular complexity index is 192. The van der Waals surface area contributed by atoms with Gasteiger partial charge in [-0.2, -0.15) is 0 Å². The average molecular weight is 215 g/mol. The second kappa shape index (κ2) is 6.80. The Kier molecular flexibility index (Phi) is 5.65. The molecular weight excluding hydrogens is 194 g/mol. The Morgan fingerprint density at radius 2 is 2.27 bits per heavy atom. The van der Waals surface area contributed by atoms with Gasteiger partial charge in [-0.05, 0) is 32.6 Å². The van der Waals surface area contributed by atoms with Crippen molar-refractivity contribution in [2.75, 3.05) is 26.4 Å². The van der Waals surface area contributed by atoms with Crippen molar-refractivity contribution in [3.8, 4) is 0 Å². The lowest BCUT2D eigenvalue weighted by molar-refractivity contribution is -0.148. The van der Waals surface area contributed by atoms with E-state index in [1.165, 1.54) is 12.8 Å². The highest BCUT2D eigenvalue weighted by Crippen LogP contribution is 2.32. The maximum absolute atomic E-state index is 10.9. The monoisotopic (exact) mass is 215 g/mol. The lowest BCUT2D eigenvalue weighted by atomic mass is 10.2. The van der Waals surface area contributed by atoms with Gasteiger partial charge >= 0.3 is 5.97 Å². The van der Waals surface area contributed by atoms with Crippen molar-refractivity contribution in [1.29, 1.82) is 0 Å². The van der Waals surface area contributed by atoms with Gasteiger partial charge in [-0.25, -0.2) is 4.79 Å². The van der Waals surface area contributed by atoms with Crippen LogP contribution in [0, 0.1) is 5.92 Å². The van der Waals surface area contributed by atoms with Gasteiger partial charge in [0.2, 0.25) is 0 Å². The van der Waals surface area contributed by atoms with Gasteiger partial charge in [0.1, 0.15) is 6.61 Å². The molecule has 1 unspecified atom stereocenters. The highest BCUT2D eigenvalue weighted by atomic mass is 16.6. The van der Waals surface area contributed by atoms with Crippen molar-refractivity contribution in [1.82, 2.24) is 5.32 Å². The third-order valence-corrected chi connectivity index (χ3v) is 2.57. The number of carbonyl (C=O) groups is 1. The summed E-state index contributed by atoms with van der Waals surface area (Å²) in [7, 11) is 0. The van der Waals surface area contributed by atoms with E-state index in [0.29, 0.717) is 19.3 Å². The summed E-state index contributed by atoms with van der Waals surface area (Å²) >= 11 is 0. The standard InChI is InChI=1S/C11H21NO3/c1-3-15-11(13)8-14-7-6-12-9(2)10-4-5-10/h9-10,12H,3-8H2,1-2H3. The molecule has 0 bridgehead atoms. The van der Waals surface area contributed by atoms with Crippen molar-refractivity contribution < 1.29 is 14.3 Å². The third-order valence-electron chi connectivity index (χ3n) is 2.57. The van der Waals surface area contributed by atoms with Crippen LogP contribution in [0.3, 0.4) is 0 Å². The van der Waals surface area contributed by atoms with Crippen LogP contribution in [0.1, 0.15) is 26.7 Å². The first-order chi connectivity index (χ1) is 7.24. The molecule has 4 nitrogen and oxygen atoms in total. The van der Waals surface area contributed by atoms with Crippen LogP contribution in [0.5, 0.6) is 0 Å². The Morgan fingerprint density at radius 3 is 2.87 bits per heavy atom. The normalized spacial score (nSPS) is 17.5. The Labute approximate surface area is 91.3 Å². The highest BCUT2D eigenvalue weighted by Gasteiger charge is 2.27. The molecule has 0 aliphatic heterocycles. The summed E-state index contributed by atoms with van der Waals surface area (Å²) in [5.41, 5.74) is 0. The minimum Gasteiger partial charge on any atom is -0.464 e. The third kappa shape index (κ3) is 5.74. The minimum atomic E-state index is -0.284. The first kappa shape index (κ1) is 12.5. The van der Waals surface area contributed by atoms with Crippen molar-refractivity contribution in [3.63, 3.8) is 0 Å². The summed E-state index contributed by atoms with van der Waals surface area (Å²) in [5.74, 6) is 0.572. The van der Waals surface area contributed by atoms with Gasteiger partial charge in [0.25, 0.3) is 0 Å². The fraction of sp³-hybridized carbons (Fsp3) is 0.909. The van der Waals surface area contributed by atoms with E-state index in [0.717, 1.165) is 12.5 Å². The molecule has 1 aliphatic rings. The van der Waals surface area contributed by atoms with Gasteiger partial charge in [-0.1, -0.05) is 0 Å². The molecule has 0 amide bonds. The molecule has 0 aromatic heterocycles. The molecular formula is C11H21NO3. The molecule has 1 N–H and O–H groups in total. The predicted molar refractivity (Wildman–Crippen MR) is 57.6 cm³/mol. The van der Waals surface area contributed by atoms with Crippen LogP contribution in [0.4, 0.5) is 0 Å². The fourth-order valence-electron chi connectivity index (χ4n) is 1.48. The average Bonchev–Trinajstić information content (AvgIpc) is 3.00. The lowest BCUT2D eigenvalue weighted by Crippen LogP contribution is -2.31. The topological polar surface area (TPSA) is 47.6 Å². The number of ether oxygens (including phenoxy) is 2. The van der Waals surface area contributed by atoms with Gasteiger partial charge < -0.3 is 14.8 Å². The van der Waals surface area contributed by atoms with Crippen LogP contribution in [-0.2, 0) is 14.3 Å². The molecule has 0 saturated heterocycles. The molecule has 1 rings (SSSR count). The van der Waals surface area contributed by atoms with Crippen molar-refractivity contribution in [2.24, 2.45) is 5.92 Å². The van der Waals surface area contributed by atoms with Crippen LogP contribution in [0.2, 0.25) is 0 Å². The zero-order chi connectivity index (χ0) is 11.1. The molecule has 1 saturated carbocycles. The largest absolute Gasteiger partial charge is 0.464 e. The molecule has 0 aromatic carbocycles. The Morgan fingerprint density at radius 1 is 1.53 bits per heavy atom. The summed E-state index contributed by atoms with van der Waals surface area (Å²) in [6, 6.07) is 0.580. The van der Waals surface area contributed by atoms with Crippen molar-refractivity contribution in [3.05, 3.63) is 0 Å². The summed E-state index contributed by atoms with van der Waals surface area (Å²) < 4.78 is 9.89. The van der Waals surface area contributed by atoms with Gasteiger partial charge in [-0.3, -0.25) is 0 Å². The van der Waals surface area contributed by atoms with E-state index >= 15 is 0 Å². The van der Waals surface area contributed by atoms with E-state index in [-0.39, 0.29) is 12.6 Å². The maximum atomic E-state index is 10.9. The lowest BCUT2D eigenvalue weighted by Gasteiger charge is -2.12. The molecule has 0 spiro atoms. The van der Waals surface area contributed by atoms with Crippen LogP contribution in [0.25, 0.3) is 0 Å². The molecule has 88 valence electrons. The van der Waals surface area contributed by atoms with Gasteiger partial charge in [0.15, 0.2) is 0 Å². The van der Waals surface area contributed by atoms with E-state index in [9.17, 15) is 4.79 Å². The fourth-order valence-corrected chi connectivity index (χ4v) is 1.48. The number of hydrogen-bond donors (Lipinski definition) is 1. The second-order valence-electron chi connectivity index (χ2n) is 3.94. The molecule has 0 aromatic rings. The first-order valence-electron chi connectivity index (χ1n) is 5.70. The molecule has 4 heteroatoms. The highest BCUT2D eigenvalue weighted by molar-refractivity contribution is 5.70. The summed E-state index contributed by atoms with van der Waals surface area (Å²) in [5, 5.41) is 3.37. The van der Waals surface area contributed by atoms with E-state index in [2.05, 4.69) is 12.2 Å². The zero-order valence-corrected chi connectivity index (χ0v) is 9.62. The van der Waals surface area contributed by atoms with Crippen molar-refractivity contribution in [2.45, 2.75) is 32.7 Å². The predicted octanol–water partition coefficient (Wildman–Crippen LogP) is 0.954. The smallest absolute Gasteiger partial charge is 0.332 e. The molecule has 1 aliphatic carbocycles. The van der Waals surface area contributed by atoms with E-state index in [1.807, 2.05) is 0 Å². The van der Waals surface area contributed by atoms with E-state index in [4.69, 9.17) is 9.47 Å². The van der Waals surface area contributed by atoms with E-state index < -0.39 is 0 Å². The summed E-state index contributed by atoms with van der Waals surface area (Å²) in [4.78, 5) is 10.9. The number of rotatable bonds is 8. The minimum absolute atomic E-state index is 0.0628. The van der Waals surface area contributed by atoms with Crippen molar-refractivity contribution >= 4 is 5.97 Å². The van der Waals surface area contributed by atoms with Gasteiger partial charge in [0, 0.05) is 12.6 Å². The molecule has 0 radical (unpaired) electrons. The van der Waals surface area contributed by atoms with Gasteiger partial charge in [0.05, 0.1) is 13.2 Å². The quantitative estimate of drug-likeness (QED) is 0.484. The molecule has 1 fully saturated rings. The number of carbonyl (C=O) groups excluding carboxylic acids is 1. The Balaban J connectivity index is 1.85. The zero-order valence-electron chi connectivity index (χ0n) is 9.62. The molecule has 0 heterocycles. The molecule has 15 heavy (non-hydrogen) atoms. The maximum Gasteiger partial charge on any atom is 0.332 e. The van der Waals surface area contributed by atoms with Gasteiger partial charge in [-0.15, -0.1) is 0 Å². The van der Waals surface area contributed by atoms with Crippen LogP contribution < -0.4 is 5.32 Å². The SMILES string of the molecule is CCOC(=O)COCCNC(C)C1CC1.